The van der Waals surface area contributed by atoms with E-state index in [1.165, 1.54) is 50.3 Å². The molecule has 0 bridgehead atoms. The molecule has 18 heavy (non-hydrogen) atoms. The number of amides is 1. The van der Waals surface area contributed by atoms with Crippen LogP contribution in [0.3, 0.4) is 0 Å². The molecule has 108 valence electrons. The van der Waals surface area contributed by atoms with Gasteiger partial charge in [0.15, 0.2) is 0 Å². The molecule has 0 aliphatic carbocycles. The molecule has 0 aliphatic heterocycles. The van der Waals surface area contributed by atoms with Gasteiger partial charge in [-0.1, -0.05) is 50.8 Å². The highest BCUT2D eigenvalue weighted by molar-refractivity contribution is 8.13. The maximum atomic E-state index is 12.1. The van der Waals surface area contributed by atoms with Crippen LogP contribution in [0.2, 0.25) is 0 Å². The first-order chi connectivity index (χ1) is 8.50. The van der Waals surface area contributed by atoms with Crippen LogP contribution in [0.15, 0.2) is 0 Å². The highest BCUT2D eigenvalue weighted by Gasteiger charge is 2.19. The lowest BCUT2D eigenvalue weighted by atomic mass is 10.1. The van der Waals surface area contributed by atoms with Gasteiger partial charge in [-0.3, -0.25) is 4.79 Å². The fourth-order valence-electron chi connectivity index (χ4n) is 2.13. The maximum Gasteiger partial charge on any atom is 0.282 e. The van der Waals surface area contributed by atoms with Crippen molar-refractivity contribution in [3.8, 4) is 0 Å². The largest absolute Gasteiger partial charge is 0.329 e. The predicted molar refractivity (Wildman–Crippen MR) is 83.3 cm³/mol. The van der Waals surface area contributed by atoms with Crippen LogP contribution >= 0.6 is 11.8 Å². The average molecular weight is 273 g/mol. The van der Waals surface area contributed by atoms with Gasteiger partial charge in [0.25, 0.3) is 5.24 Å². The summed E-state index contributed by atoms with van der Waals surface area (Å²) in [6.45, 7) is 10.6. The predicted octanol–water partition coefficient (Wildman–Crippen LogP) is 5.32. The zero-order valence-corrected chi connectivity index (χ0v) is 13.7. The SMILES string of the molecule is CCCCCCCCSC(=O)N(C(C)C)C(C)C. The second kappa shape index (κ2) is 10.7. The van der Waals surface area contributed by atoms with E-state index in [0.29, 0.717) is 12.1 Å². The minimum Gasteiger partial charge on any atom is -0.329 e. The van der Waals surface area contributed by atoms with Gasteiger partial charge in [-0.05, 0) is 34.1 Å². The van der Waals surface area contributed by atoms with Crippen LogP contribution in [0.5, 0.6) is 0 Å². The van der Waals surface area contributed by atoms with Crippen molar-refractivity contribution >= 4 is 17.0 Å². The second-order valence-electron chi connectivity index (χ2n) is 5.48. The third-order valence-electron chi connectivity index (χ3n) is 3.05. The molecular weight excluding hydrogens is 242 g/mol. The first kappa shape index (κ1) is 17.8. The van der Waals surface area contributed by atoms with Gasteiger partial charge in [-0.25, -0.2) is 0 Å². The fraction of sp³-hybridized carbons (Fsp3) is 0.933. The van der Waals surface area contributed by atoms with Crippen LogP contribution in [-0.4, -0.2) is 28.0 Å². The van der Waals surface area contributed by atoms with Crippen molar-refractivity contribution in [3.63, 3.8) is 0 Å². The number of hydrogen-bond acceptors (Lipinski definition) is 2. The van der Waals surface area contributed by atoms with Crippen LogP contribution in [0.4, 0.5) is 4.79 Å². The van der Waals surface area contributed by atoms with Gasteiger partial charge in [0.05, 0.1) is 0 Å². The Morgan fingerprint density at radius 3 is 1.94 bits per heavy atom. The van der Waals surface area contributed by atoms with E-state index < -0.39 is 0 Å². The molecule has 0 heterocycles. The zero-order valence-electron chi connectivity index (χ0n) is 12.9. The Hall–Kier alpha value is -0.180. The van der Waals surface area contributed by atoms with Crippen molar-refractivity contribution in [2.45, 2.75) is 85.2 Å². The first-order valence-electron chi connectivity index (χ1n) is 7.45. The van der Waals surface area contributed by atoms with E-state index in [1.54, 1.807) is 0 Å². The standard InChI is InChI=1S/C15H31NOS/c1-6-7-8-9-10-11-12-18-15(17)16(13(2)3)14(4)5/h13-14H,6-12H2,1-5H3. The van der Waals surface area contributed by atoms with E-state index in [-0.39, 0.29) is 5.24 Å². The summed E-state index contributed by atoms with van der Waals surface area (Å²) >= 11 is 1.49. The van der Waals surface area contributed by atoms with E-state index in [0.717, 1.165) is 5.75 Å². The summed E-state index contributed by atoms with van der Waals surface area (Å²) < 4.78 is 0. The molecule has 0 aromatic rings. The maximum absolute atomic E-state index is 12.1. The van der Waals surface area contributed by atoms with Crippen LogP contribution < -0.4 is 0 Å². The summed E-state index contributed by atoms with van der Waals surface area (Å²) in [5, 5.41) is 0.244. The Morgan fingerprint density at radius 2 is 1.44 bits per heavy atom. The summed E-state index contributed by atoms with van der Waals surface area (Å²) in [5.41, 5.74) is 0. The molecule has 0 unspecified atom stereocenters. The van der Waals surface area contributed by atoms with E-state index in [2.05, 4.69) is 34.6 Å². The van der Waals surface area contributed by atoms with Crippen molar-refractivity contribution < 1.29 is 4.79 Å². The normalized spacial score (nSPS) is 11.3. The second-order valence-corrected chi connectivity index (χ2v) is 6.52. The summed E-state index contributed by atoms with van der Waals surface area (Å²) in [6.07, 6.45) is 7.75. The molecule has 0 radical (unpaired) electrons. The molecule has 3 heteroatoms. The Balaban J connectivity index is 3.69. The van der Waals surface area contributed by atoms with Gasteiger partial charge in [0.1, 0.15) is 0 Å². The molecule has 0 rings (SSSR count). The Morgan fingerprint density at radius 1 is 0.944 bits per heavy atom. The van der Waals surface area contributed by atoms with Crippen molar-refractivity contribution in [1.29, 1.82) is 0 Å². The molecule has 0 saturated heterocycles. The highest BCUT2D eigenvalue weighted by atomic mass is 32.2. The van der Waals surface area contributed by atoms with E-state index in [1.807, 2.05) is 4.90 Å². The van der Waals surface area contributed by atoms with Crippen molar-refractivity contribution in [2.24, 2.45) is 0 Å². The minimum atomic E-state index is 0.244. The number of rotatable bonds is 9. The van der Waals surface area contributed by atoms with Crippen LogP contribution in [0.25, 0.3) is 0 Å². The summed E-state index contributed by atoms with van der Waals surface area (Å²) in [6, 6.07) is 0.601. The third kappa shape index (κ3) is 8.02. The van der Waals surface area contributed by atoms with Crippen molar-refractivity contribution in [3.05, 3.63) is 0 Å². The Bertz CT molecular complexity index is 209. The monoisotopic (exact) mass is 273 g/mol. The molecule has 0 aromatic heterocycles. The summed E-state index contributed by atoms with van der Waals surface area (Å²) in [7, 11) is 0. The summed E-state index contributed by atoms with van der Waals surface area (Å²) in [4.78, 5) is 14.0. The molecule has 2 nitrogen and oxygen atoms in total. The molecule has 0 aromatic carbocycles. The summed E-state index contributed by atoms with van der Waals surface area (Å²) in [5.74, 6) is 0.973. The highest BCUT2D eigenvalue weighted by Crippen LogP contribution is 2.17. The molecule has 1 amide bonds. The Labute approximate surface area is 118 Å². The van der Waals surface area contributed by atoms with Gasteiger partial charge in [-0.15, -0.1) is 0 Å². The van der Waals surface area contributed by atoms with E-state index in [4.69, 9.17) is 0 Å². The van der Waals surface area contributed by atoms with Crippen molar-refractivity contribution in [1.82, 2.24) is 4.90 Å². The number of thioether (sulfide) groups is 1. The van der Waals surface area contributed by atoms with Crippen LogP contribution in [0, 0.1) is 0 Å². The molecule has 0 aliphatic rings. The molecule has 0 saturated carbocycles. The molecule has 0 fully saturated rings. The van der Waals surface area contributed by atoms with E-state index in [9.17, 15) is 4.79 Å². The minimum absolute atomic E-state index is 0.244. The van der Waals surface area contributed by atoms with Gasteiger partial charge < -0.3 is 4.90 Å². The molecular formula is C15H31NOS. The van der Waals surface area contributed by atoms with Crippen LogP contribution in [0.1, 0.15) is 73.1 Å². The number of hydrogen-bond donors (Lipinski definition) is 0. The molecule has 0 atom stereocenters. The third-order valence-corrected chi connectivity index (χ3v) is 4.00. The first-order valence-corrected chi connectivity index (χ1v) is 8.44. The topological polar surface area (TPSA) is 20.3 Å². The van der Waals surface area contributed by atoms with Crippen LogP contribution in [-0.2, 0) is 0 Å². The number of unbranched alkanes of at least 4 members (excludes halogenated alkanes) is 5. The van der Waals surface area contributed by atoms with Gasteiger partial charge >= 0.3 is 0 Å². The van der Waals surface area contributed by atoms with E-state index >= 15 is 0 Å². The lowest BCUT2D eigenvalue weighted by Crippen LogP contribution is -2.39. The fourth-order valence-corrected chi connectivity index (χ4v) is 3.23. The number of carbonyl (C=O) groups is 1. The average Bonchev–Trinajstić information content (AvgIpc) is 2.26. The zero-order chi connectivity index (χ0) is 14.0. The smallest absolute Gasteiger partial charge is 0.282 e. The number of carbonyl (C=O) groups excluding carboxylic acids is 1. The quantitative estimate of drug-likeness (QED) is 0.530. The van der Waals surface area contributed by atoms with Gasteiger partial charge in [0, 0.05) is 17.8 Å². The van der Waals surface area contributed by atoms with Gasteiger partial charge in [0.2, 0.25) is 0 Å². The van der Waals surface area contributed by atoms with Crippen molar-refractivity contribution in [2.75, 3.05) is 5.75 Å². The molecule has 0 spiro atoms. The molecule has 0 N–H and O–H groups in total. The lowest BCUT2D eigenvalue weighted by molar-refractivity contribution is 0.190. The Kier molecular flexibility index (Phi) is 10.6. The lowest BCUT2D eigenvalue weighted by Gasteiger charge is -2.30. The van der Waals surface area contributed by atoms with Gasteiger partial charge in [-0.2, -0.15) is 0 Å². The number of nitrogens with zero attached hydrogens (tertiary/aromatic N) is 1.